The Morgan fingerprint density at radius 2 is 1.89 bits per heavy atom. The van der Waals surface area contributed by atoms with Gasteiger partial charge in [0.25, 0.3) is 0 Å². The molecule has 136 valence electrons. The molecule has 6 heteroatoms. The molecule has 0 atom stereocenters. The van der Waals surface area contributed by atoms with Gasteiger partial charge in [-0.25, -0.2) is 9.97 Å². The molecule has 2 aromatic carbocycles. The van der Waals surface area contributed by atoms with Crippen molar-refractivity contribution < 1.29 is 5.11 Å². The predicted octanol–water partition coefficient (Wildman–Crippen LogP) is 3.80. The monoisotopic (exact) mass is 359 g/mol. The maximum Gasteiger partial charge on any atom is 0.163 e. The summed E-state index contributed by atoms with van der Waals surface area (Å²) in [5.74, 6) is 0.719. The molecular weight excluding hydrogens is 338 g/mol. The molecule has 0 aliphatic carbocycles. The van der Waals surface area contributed by atoms with Crippen molar-refractivity contribution in [2.45, 2.75) is 19.8 Å². The lowest BCUT2D eigenvalue weighted by Crippen LogP contribution is -2.17. The molecule has 1 aliphatic heterocycles. The van der Waals surface area contributed by atoms with E-state index in [9.17, 15) is 5.11 Å². The quantitative estimate of drug-likeness (QED) is 0.590. The zero-order valence-electron chi connectivity index (χ0n) is 15.5. The zero-order valence-corrected chi connectivity index (χ0v) is 15.5. The lowest BCUT2D eigenvalue weighted by atomic mass is 10.0. The second kappa shape index (κ2) is 5.94. The van der Waals surface area contributed by atoms with Gasteiger partial charge in [-0.15, -0.1) is 0 Å². The Morgan fingerprint density at radius 3 is 2.70 bits per heavy atom. The van der Waals surface area contributed by atoms with Crippen molar-refractivity contribution in [1.29, 1.82) is 0 Å². The molecule has 1 N–H and O–H groups in total. The smallest absolute Gasteiger partial charge is 0.163 e. The van der Waals surface area contributed by atoms with Crippen molar-refractivity contribution in [2.24, 2.45) is 7.05 Å². The lowest BCUT2D eigenvalue weighted by Gasteiger charge is -2.17. The third-order valence-corrected chi connectivity index (χ3v) is 5.40. The number of benzene rings is 2. The van der Waals surface area contributed by atoms with E-state index in [1.54, 1.807) is 4.68 Å². The van der Waals surface area contributed by atoms with Gasteiger partial charge in [-0.2, -0.15) is 5.10 Å². The normalized spacial score (nSPS) is 14.5. The van der Waals surface area contributed by atoms with Gasteiger partial charge in [0.05, 0.1) is 16.6 Å². The molecule has 6 nitrogen and oxygen atoms in total. The van der Waals surface area contributed by atoms with Crippen LogP contribution in [0.25, 0.3) is 33.2 Å². The predicted molar refractivity (Wildman–Crippen MR) is 107 cm³/mol. The number of aromatic nitrogens is 4. The highest BCUT2D eigenvalue weighted by Crippen LogP contribution is 2.36. The van der Waals surface area contributed by atoms with Crippen molar-refractivity contribution in [2.75, 3.05) is 18.0 Å². The highest BCUT2D eigenvalue weighted by atomic mass is 16.3. The van der Waals surface area contributed by atoms with Gasteiger partial charge in [0.2, 0.25) is 0 Å². The van der Waals surface area contributed by atoms with Crippen LogP contribution in [0.4, 0.5) is 5.69 Å². The van der Waals surface area contributed by atoms with Gasteiger partial charge in [-0.3, -0.25) is 4.68 Å². The molecular formula is C21H21N5O. The van der Waals surface area contributed by atoms with Gasteiger partial charge in [-0.1, -0.05) is 0 Å². The Bertz CT molecular complexity index is 1170. The van der Waals surface area contributed by atoms with Crippen LogP contribution in [-0.2, 0) is 7.05 Å². The van der Waals surface area contributed by atoms with Gasteiger partial charge < -0.3 is 10.0 Å². The van der Waals surface area contributed by atoms with E-state index in [2.05, 4.69) is 27.1 Å². The van der Waals surface area contributed by atoms with E-state index in [-0.39, 0.29) is 5.75 Å². The summed E-state index contributed by atoms with van der Waals surface area (Å²) < 4.78 is 1.75. The van der Waals surface area contributed by atoms with Crippen LogP contribution in [0.2, 0.25) is 0 Å². The minimum Gasteiger partial charge on any atom is -0.507 e. The molecule has 0 saturated carbocycles. The third-order valence-electron chi connectivity index (χ3n) is 5.40. The number of anilines is 1. The van der Waals surface area contributed by atoms with Gasteiger partial charge >= 0.3 is 0 Å². The number of hydrogen-bond donors (Lipinski definition) is 1. The van der Waals surface area contributed by atoms with Crippen LogP contribution in [0, 0.1) is 6.92 Å². The molecule has 4 aromatic rings. The van der Waals surface area contributed by atoms with E-state index in [1.165, 1.54) is 18.5 Å². The Morgan fingerprint density at radius 1 is 1.07 bits per heavy atom. The summed E-state index contributed by atoms with van der Waals surface area (Å²) >= 11 is 0. The maximum absolute atomic E-state index is 10.7. The van der Waals surface area contributed by atoms with Crippen LogP contribution in [0.1, 0.15) is 18.4 Å². The van der Waals surface area contributed by atoms with Gasteiger partial charge in [0.15, 0.2) is 5.82 Å². The van der Waals surface area contributed by atoms with Crippen LogP contribution in [0.3, 0.4) is 0 Å². The molecule has 2 aromatic heterocycles. The van der Waals surface area contributed by atoms with Gasteiger partial charge in [0.1, 0.15) is 5.75 Å². The summed E-state index contributed by atoms with van der Waals surface area (Å²) in [6, 6.07) is 8.23. The fourth-order valence-corrected chi connectivity index (χ4v) is 3.93. The molecule has 0 radical (unpaired) electrons. The average molecular weight is 359 g/mol. The molecule has 3 heterocycles. The number of hydrogen-bond acceptors (Lipinski definition) is 5. The summed E-state index contributed by atoms with van der Waals surface area (Å²) in [7, 11) is 1.88. The van der Waals surface area contributed by atoms with Crippen molar-refractivity contribution >= 4 is 27.5 Å². The van der Waals surface area contributed by atoms with Crippen molar-refractivity contribution in [1.82, 2.24) is 19.7 Å². The SMILES string of the molecule is Cc1c(O)c(-c2ncc3cc(N4CCCC4)ccc3n2)cc2cn(C)nc12. The van der Waals surface area contributed by atoms with E-state index in [4.69, 9.17) is 4.98 Å². The largest absolute Gasteiger partial charge is 0.507 e. The fraction of sp³-hybridized carbons (Fsp3) is 0.286. The van der Waals surface area contributed by atoms with Crippen LogP contribution >= 0.6 is 0 Å². The number of nitrogens with zero attached hydrogens (tertiary/aromatic N) is 5. The second-order valence-electron chi connectivity index (χ2n) is 7.27. The number of phenols is 1. The number of aromatic hydroxyl groups is 1. The van der Waals surface area contributed by atoms with Crippen LogP contribution < -0.4 is 4.90 Å². The number of rotatable bonds is 2. The highest BCUT2D eigenvalue weighted by Gasteiger charge is 2.17. The molecule has 0 amide bonds. The topological polar surface area (TPSA) is 67.1 Å². The minimum absolute atomic E-state index is 0.189. The van der Waals surface area contributed by atoms with E-state index in [1.807, 2.05) is 38.5 Å². The second-order valence-corrected chi connectivity index (χ2v) is 7.27. The van der Waals surface area contributed by atoms with Crippen LogP contribution in [0.15, 0.2) is 36.7 Å². The average Bonchev–Trinajstić information content (AvgIpc) is 3.33. The van der Waals surface area contributed by atoms with Crippen molar-refractivity contribution in [3.05, 3.63) is 42.2 Å². The molecule has 27 heavy (non-hydrogen) atoms. The fourth-order valence-electron chi connectivity index (χ4n) is 3.93. The number of aryl methyl sites for hydroxylation is 2. The number of fused-ring (bicyclic) bond motifs is 2. The summed E-state index contributed by atoms with van der Waals surface area (Å²) in [5.41, 5.74) is 4.29. The highest BCUT2D eigenvalue weighted by molar-refractivity contribution is 5.91. The first kappa shape index (κ1) is 16.1. The first-order valence-electron chi connectivity index (χ1n) is 9.28. The Balaban J connectivity index is 1.61. The van der Waals surface area contributed by atoms with E-state index in [0.717, 1.165) is 40.5 Å². The van der Waals surface area contributed by atoms with Gasteiger partial charge in [-0.05, 0) is 44.0 Å². The van der Waals surface area contributed by atoms with Crippen LogP contribution in [0.5, 0.6) is 5.75 Å². The summed E-state index contributed by atoms with van der Waals surface area (Å²) in [5, 5.41) is 17.1. The van der Waals surface area contributed by atoms with Crippen molar-refractivity contribution in [3.8, 4) is 17.1 Å². The molecule has 1 saturated heterocycles. The first-order chi connectivity index (χ1) is 13.1. The molecule has 0 spiro atoms. The molecule has 1 aliphatic rings. The third kappa shape index (κ3) is 2.60. The Kier molecular flexibility index (Phi) is 3.53. The molecule has 1 fully saturated rings. The zero-order chi connectivity index (χ0) is 18.5. The van der Waals surface area contributed by atoms with E-state index >= 15 is 0 Å². The Labute approximate surface area is 157 Å². The van der Waals surface area contributed by atoms with Crippen molar-refractivity contribution in [3.63, 3.8) is 0 Å². The molecule has 0 unspecified atom stereocenters. The van der Waals surface area contributed by atoms with Gasteiger partial charge in [0, 0.05) is 54.6 Å². The number of phenolic OH excluding ortho intramolecular Hbond substituents is 1. The minimum atomic E-state index is 0.189. The standard InChI is InChI=1S/C21H21N5O/c1-13-19-15(12-25(2)24-19)10-17(20(13)27)21-22-11-14-9-16(5-6-18(14)23-21)26-7-3-4-8-26/h5-6,9-12,27H,3-4,7-8H2,1-2H3. The van der Waals surface area contributed by atoms with E-state index < -0.39 is 0 Å². The lowest BCUT2D eigenvalue weighted by molar-refractivity contribution is 0.473. The van der Waals surface area contributed by atoms with E-state index in [0.29, 0.717) is 11.4 Å². The van der Waals surface area contributed by atoms with Crippen LogP contribution in [-0.4, -0.2) is 37.9 Å². The Hall–Kier alpha value is -3.15. The summed E-state index contributed by atoms with van der Waals surface area (Å²) in [6.07, 6.45) is 6.29. The first-order valence-corrected chi connectivity index (χ1v) is 9.28. The summed E-state index contributed by atoms with van der Waals surface area (Å²) in [4.78, 5) is 11.7. The summed E-state index contributed by atoms with van der Waals surface area (Å²) in [6.45, 7) is 4.10. The maximum atomic E-state index is 10.7. The molecule has 5 rings (SSSR count). The molecule has 0 bridgehead atoms.